The second-order valence-electron chi connectivity index (χ2n) is 4.95. The van der Waals surface area contributed by atoms with Gasteiger partial charge in [0, 0.05) is 19.2 Å². The van der Waals surface area contributed by atoms with Crippen molar-refractivity contribution in [2.45, 2.75) is 25.4 Å². The summed E-state index contributed by atoms with van der Waals surface area (Å²) >= 11 is 0. The van der Waals surface area contributed by atoms with Crippen LogP contribution >= 0.6 is 0 Å². The van der Waals surface area contributed by atoms with Crippen molar-refractivity contribution in [3.8, 4) is 11.8 Å². The van der Waals surface area contributed by atoms with Gasteiger partial charge in [0.15, 0.2) is 0 Å². The van der Waals surface area contributed by atoms with Gasteiger partial charge in [-0.25, -0.2) is 0 Å². The van der Waals surface area contributed by atoms with Crippen LogP contribution in [0.1, 0.15) is 24.0 Å². The lowest BCUT2D eigenvalue weighted by molar-refractivity contribution is -0.125. The van der Waals surface area contributed by atoms with Crippen LogP contribution in [0.25, 0.3) is 0 Å². The molecule has 0 bridgehead atoms. The molecule has 4 heteroatoms. The third-order valence-corrected chi connectivity index (χ3v) is 3.56. The topological polar surface area (TPSA) is 58.4 Å². The molecule has 1 atom stereocenters. The maximum absolute atomic E-state index is 11.8. The van der Waals surface area contributed by atoms with E-state index in [0.717, 1.165) is 31.5 Å². The predicted octanol–water partition coefficient (Wildman–Crippen LogP) is 0.707. The van der Waals surface area contributed by atoms with E-state index >= 15 is 0 Å². The van der Waals surface area contributed by atoms with E-state index in [1.54, 1.807) is 7.05 Å². The molecule has 1 heterocycles. The largest absolute Gasteiger partial charge is 0.358 e. The molecule has 0 aliphatic carbocycles. The highest BCUT2D eigenvalue weighted by molar-refractivity contribution is 5.81. The fraction of sp³-hybridized carbons (Fsp3) is 0.438. The van der Waals surface area contributed by atoms with Crippen molar-refractivity contribution in [3.63, 3.8) is 0 Å². The quantitative estimate of drug-likeness (QED) is 0.796. The minimum absolute atomic E-state index is 0.00113. The summed E-state index contributed by atoms with van der Waals surface area (Å²) in [6.45, 7) is 2.13. The summed E-state index contributed by atoms with van der Waals surface area (Å²) in [5, 5.41) is 2.75. The Morgan fingerprint density at radius 2 is 2.40 bits per heavy atom. The molecule has 1 unspecified atom stereocenters. The van der Waals surface area contributed by atoms with Crippen LogP contribution in [-0.4, -0.2) is 37.0 Å². The molecule has 106 valence electrons. The van der Waals surface area contributed by atoms with Crippen molar-refractivity contribution >= 4 is 5.91 Å². The van der Waals surface area contributed by atoms with Crippen molar-refractivity contribution in [1.29, 1.82) is 0 Å². The highest BCUT2D eigenvalue weighted by atomic mass is 16.2. The standard InChI is InChI=1S/C16H21N3O/c1-18-16(20)15-8-4-10-19(15)12-14-6-2-5-13(11-14)7-3-9-17/h2,5-6,11,15H,4,8-10,12,17H2,1H3,(H,18,20). The summed E-state index contributed by atoms with van der Waals surface area (Å²) in [6.07, 6.45) is 2.01. The Labute approximate surface area is 120 Å². The van der Waals surface area contributed by atoms with Gasteiger partial charge in [0.05, 0.1) is 12.6 Å². The Bertz CT molecular complexity index is 530. The predicted molar refractivity (Wildman–Crippen MR) is 79.9 cm³/mol. The summed E-state index contributed by atoms with van der Waals surface area (Å²) in [5.74, 6) is 6.02. The number of likely N-dealkylation sites (N-methyl/N-ethyl adjacent to an activating group) is 1. The molecule has 1 saturated heterocycles. The minimum atomic E-state index is -0.00113. The summed E-state index contributed by atoms with van der Waals surface area (Å²) in [6, 6.07) is 8.13. The van der Waals surface area contributed by atoms with Gasteiger partial charge in [0.2, 0.25) is 5.91 Å². The number of likely N-dealkylation sites (tertiary alicyclic amines) is 1. The van der Waals surface area contributed by atoms with E-state index in [4.69, 9.17) is 5.73 Å². The van der Waals surface area contributed by atoms with Crippen LogP contribution in [0.3, 0.4) is 0 Å². The van der Waals surface area contributed by atoms with Gasteiger partial charge in [0.1, 0.15) is 0 Å². The fourth-order valence-electron chi connectivity index (χ4n) is 2.61. The Kier molecular flexibility index (Phi) is 5.16. The first-order valence-corrected chi connectivity index (χ1v) is 6.98. The van der Waals surface area contributed by atoms with Crippen LogP contribution in [0, 0.1) is 11.8 Å². The Balaban J connectivity index is 2.07. The molecule has 0 radical (unpaired) electrons. The fourth-order valence-corrected chi connectivity index (χ4v) is 2.61. The van der Waals surface area contributed by atoms with Crippen molar-refractivity contribution in [2.24, 2.45) is 5.73 Å². The van der Waals surface area contributed by atoms with Gasteiger partial charge in [-0.3, -0.25) is 9.69 Å². The van der Waals surface area contributed by atoms with Crippen molar-refractivity contribution in [2.75, 3.05) is 20.1 Å². The number of hydrogen-bond donors (Lipinski definition) is 2. The van der Waals surface area contributed by atoms with Crippen LogP contribution in [-0.2, 0) is 11.3 Å². The molecule has 2 rings (SSSR count). The first-order chi connectivity index (χ1) is 9.74. The highest BCUT2D eigenvalue weighted by Gasteiger charge is 2.29. The number of carbonyl (C=O) groups is 1. The van der Waals surface area contributed by atoms with E-state index in [0.29, 0.717) is 6.54 Å². The number of carbonyl (C=O) groups excluding carboxylic acids is 1. The lowest BCUT2D eigenvalue weighted by atomic mass is 10.1. The highest BCUT2D eigenvalue weighted by Crippen LogP contribution is 2.20. The van der Waals surface area contributed by atoms with E-state index in [9.17, 15) is 4.79 Å². The van der Waals surface area contributed by atoms with Crippen molar-refractivity contribution in [3.05, 3.63) is 35.4 Å². The summed E-state index contributed by atoms with van der Waals surface area (Å²) in [7, 11) is 1.70. The molecule has 0 spiro atoms. The summed E-state index contributed by atoms with van der Waals surface area (Å²) in [5.41, 5.74) is 7.55. The number of amides is 1. The first kappa shape index (κ1) is 14.6. The molecule has 1 amide bonds. The molecule has 20 heavy (non-hydrogen) atoms. The van der Waals surface area contributed by atoms with Gasteiger partial charge in [-0.2, -0.15) is 0 Å². The van der Waals surface area contributed by atoms with Crippen molar-refractivity contribution < 1.29 is 4.79 Å². The smallest absolute Gasteiger partial charge is 0.237 e. The third kappa shape index (κ3) is 3.60. The number of rotatable bonds is 3. The molecule has 3 N–H and O–H groups in total. The molecule has 1 aromatic carbocycles. The molecule has 1 aliphatic heterocycles. The monoisotopic (exact) mass is 271 g/mol. The second kappa shape index (κ2) is 7.09. The zero-order chi connectivity index (χ0) is 14.4. The zero-order valence-corrected chi connectivity index (χ0v) is 11.9. The number of nitrogens with two attached hydrogens (primary N) is 1. The van der Waals surface area contributed by atoms with Gasteiger partial charge in [-0.1, -0.05) is 24.0 Å². The van der Waals surface area contributed by atoms with E-state index in [1.807, 2.05) is 12.1 Å². The summed E-state index contributed by atoms with van der Waals surface area (Å²) in [4.78, 5) is 14.1. The van der Waals surface area contributed by atoms with Gasteiger partial charge < -0.3 is 11.1 Å². The Morgan fingerprint density at radius 3 is 3.15 bits per heavy atom. The van der Waals surface area contributed by atoms with Crippen molar-refractivity contribution in [1.82, 2.24) is 10.2 Å². The maximum Gasteiger partial charge on any atom is 0.237 e. The molecule has 1 aliphatic rings. The lowest BCUT2D eigenvalue weighted by Crippen LogP contribution is -2.41. The normalized spacial score (nSPS) is 18.4. The minimum Gasteiger partial charge on any atom is -0.358 e. The number of benzene rings is 1. The van der Waals surface area contributed by atoms with E-state index in [1.165, 1.54) is 5.56 Å². The van der Waals surface area contributed by atoms with Crippen LogP contribution in [0.15, 0.2) is 24.3 Å². The molecule has 0 saturated carbocycles. The third-order valence-electron chi connectivity index (χ3n) is 3.56. The van der Waals surface area contributed by atoms with E-state index < -0.39 is 0 Å². The molecule has 1 aromatic rings. The lowest BCUT2D eigenvalue weighted by Gasteiger charge is -2.23. The average Bonchev–Trinajstić information content (AvgIpc) is 2.93. The Hall–Kier alpha value is -1.83. The van der Waals surface area contributed by atoms with Gasteiger partial charge in [-0.15, -0.1) is 0 Å². The number of hydrogen-bond acceptors (Lipinski definition) is 3. The zero-order valence-electron chi connectivity index (χ0n) is 11.9. The molecule has 1 fully saturated rings. The SMILES string of the molecule is CNC(=O)C1CCCN1Cc1cccc(C#CCN)c1. The van der Waals surface area contributed by atoms with Crippen LogP contribution in [0.5, 0.6) is 0 Å². The molecule has 0 aromatic heterocycles. The van der Waals surface area contributed by atoms with Gasteiger partial charge in [0.25, 0.3) is 0 Å². The second-order valence-corrected chi connectivity index (χ2v) is 4.95. The van der Waals surface area contributed by atoms with E-state index in [2.05, 4.69) is 34.2 Å². The number of nitrogens with zero attached hydrogens (tertiary/aromatic N) is 1. The molecular formula is C16H21N3O. The maximum atomic E-state index is 11.8. The van der Waals surface area contributed by atoms with Crippen LogP contribution in [0.4, 0.5) is 0 Å². The number of nitrogens with one attached hydrogen (secondary N) is 1. The molecule has 4 nitrogen and oxygen atoms in total. The van der Waals surface area contributed by atoms with Crippen LogP contribution in [0.2, 0.25) is 0 Å². The summed E-state index contributed by atoms with van der Waals surface area (Å²) < 4.78 is 0. The average molecular weight is 271 g/mol. The van der Waals surface area contributed by atoms with Crippen LogP contribution < -0.4 is 11.1 Å². The first-order valence-electron chi connectivity index (χ1n) is 6.98. The van der Waals surface area contributed by atoms with E-state index in [-0.39, 0.29) is 11.9 Å². The van der Waals surface area contributed by atoms with Gasteiger partial charge in [-0.05, 0) is 37.1 Å². The Morgan fingerprint density at radius 1 is 1.55 bits per heavy atom. The van der Waals surface area contributed by atoms with Gasteiger partial charge >= 0.3 is 0 Å². The molecular weight excluding hydrogens is 250 g/mol.